The molecule has 1 aliphatic heterocycles. The second-order valence-corrected chi connectivity index (χ2v) is 6.07. The smallest absolute Gasteiger partial charge is 0.157 e. The highest BCUT2D eigenvalue weighted by molar-refractivity contribution is 8.15. The number of hydrogen-bond acceptors (Lipinski definition) is 4. The van der Waals surface area contributed by atoms with Crippen LogP contribution >= 0.6 is 11.8 Å². The summed E-state index contributed by atoms with van der Waals surface area (Å²) in [6.45, 7) is 5.91. The Morgan fingerprint density at radius 1 is 1.43 bits per heavy atom. The summed E-state index contributed by atoms with van der Waals surface area (Å²) in [7, 11) is 0. The van der Waals surface area contributed by atoms with Crippen molar-refractivity contribution in [3.8, 4) is 0 Å². The number of aliphatic imine (C=N–C) groups is 1. The summed E-state index contributed by atoms with van der Waals surface area (Å²) in [6, 6.07) is 0. The summed E-state index contributed by atoms with van der Waals surface area (Å²) in [5.41, 5.74) is -0.551. The Morgan fingerprint density at radius 3 is 2.71 bits per heavy atom. The molecule has 2 atom stereocenters. The molecule has 80 valence electrons. The number of thioether (sulfide) groups is 1. The third kappa shape index (κ3) is 1.65. The zero-order valence-electron chi connectivity index (χ0n) is 8.84. The van der Waals surface area contributed by atoms with Crippen LogP contribution in [-0.2, 0) is 0 Å². The van der Waals surface area contributed by atoms with Crippen LogP contribution in [-0.4, -0.2) is 33.7 Å². The molecular weight excluding hydrogens is 196 g/mol. The second-order valence-electron chi connectivity index (χ2n) is 4.57. The maximum atomic E-state index is 10.3. The minimum Gasteiger partial charge on any atom is -0.389 e. The van der Waals surface area contributed by atoms with Crippen LogP contribution in [0.5, 0.6) is 0 Å². The highest BCUT2D eigenvalue weighted by atomic mass is 32.2. The number of nitrogens with one attached hydrogen (secondary N) is 1. The van der Waals surface area contributed by atoms with Crippen LogP contribution in [0.3, 0.4) is 0 Å². The van der Waals surface area contributed by atoms with E-state index in [0.717, 1.165) is 37.5 Å². The molecule has 0 aromatic heterocycles. The third-order valence-electron chi connectivity index (χ3n) is 3.42. The molecule has 2 N–H and O–H groups in total. The number of hydrogen-bond donors (Lipinski definition) is 2. The van der Waals surface area contributed by atoms with E-state index in [2.05, 4.69) is 17.2 Å². The predicted molar refractivity (Wildman–Crippen MR) is 60.8 cm³/mol. The van der Waals surface area contributed by atoms with E-state index in [0.29, 0.717) is 0 Å². The Kier molecular flexibility index (Phi) is 2.52. The van der Waals surface area contributed by atoms with Gasteiger partial charge < -0.3 is 10.4 Å². The van der Waals surface area contributed by atoms with Gasteiger partial charge in [-0.2, -0.15) is 0 Å². The fourth-order valence-electron chi connectivity index (χ4n) is 2.12. The SMILES string of the molecule is CC1(O)CCCC1(C)SC1=NCCN1. The van der Waals surface area contributed by atoms with Gasteiger partial charge >= 0.3 is 0 Å². The van der Waals surface area contributed by atoms with Crippen molar-refractivity contribution in [1.29, 1.82) is 0 Å². The number of amidine groups is 1. The van der Waals surface area contributed by atoms with E-state index in [4.69, 9.17) is 0 Å². The Balaban J connectivity index is 2.08. The lowest BCUT2D eigenvalue weighted by atomic mass is 9.94. The largest absolute Gasteiger partial charge is 0.389 e. The Morgan fingerprint density at radius 2 is 2.21 bits per heavy atom. The molecule has 1 heterocycles. The summed E-state index contributed by atoms with van der Waals surface area (Å²) < 4.78 is -0.0663. The molecule has 0 amide bonds. The first kappa shape index (κ1) is 10.3. The highest BCUT2D eigenvalue weighted by Gasteiger charge is 2.48. The minimum atomic E-state index is -0.551. The Hall–Kier alpha value is -0.220. The third-order valence-corrected chi connectivity index (χ3v) is 4.98. The molecule has 3 nitrogen and oxygen atoms in total. The molecule has 0 aromatic rings. The summed E-state index contributed by atoms with van der Waals surface area (Å²) in [5, 5.41) is 14.5. The fourth-order valence-corrected chi connectivity index (χ4v) is 3.45. The fraction of sp³-hybridized carbons (Fsp3) is 0.900. The average molecular weight is 214 g/mol. The molecule has 0 saturated heterocycles. The standard InChI is InChI=1S/C10H18N2OS/c1-9(13)4-3-5-10(9,2)14-8-11-6-7-12-8/h13H,3-7H2,1-2H3,(H,11,12). The Bertz CT molecular complexity index is 265. The van der Waals surface area contributed by atoms with E-state index in [1.807, 2.05) is 6.92 Å². The molecule has 2 rings (SSSR count). The van der Waals surface area contributed by atoms with Crippen LogP contribution in [0.15, 0.2) is 4.99 Å². The lowest BCUT2D eigenvalue weighted by Gasteiger charge is -2.35. The van der Waals surface area contributed by atoms with Gasteiger partial charge in [0.1, 0.15) is 0 Å². The van der Waals surface area contributed by atoms with Crippen molar-refractivity contribution in [2.24, 2.45) is 4.99 Å². The monoisotopic (exact) mass is 214 g/mol. The maximum absolute atomic E-state index is 10.3. The molecule has 1 fully saturated rings. The van der Waals surface area contributed by atoms with Crippen LogP contribution in [0.2, 0.25) is 0 Å². The van der Waals surface area contributed by atoms with Gasteiger partial charge in [0.05, 0.1) is 12.1 Å². The summed E-state index contributed by atoms with van der Waals surface area (Å²) in [5.74, 6) is 0. The zero-order chi connectivity index (χ0) is 10.2. The molecule has 0 radical (unpaired) electrons. The lowest BCUT2D eigenvalue weighted by molar-refractivity contribution is 0.0440. The number of rotatable bonds is 1. The number of nitrogens with zero attached hydrogens (tertiary/aromatic N) is 1. The van der Waals surface area contributed by atoms with Crippen LogP contribution in [0.1, 0.15) is 33.1 Å². The minimum absolute atomic E-state index is 0.0663. The molecule has 1 aliphatic carbocycles. The van der Waals surface area contributed by atoms with E-state index in [1.165, 1.54) is 0 Å². The van der Waals surface area contributed by atoms with Crippen LogP contribution < -0.4 is 5.32 Å². The van der Waals surface area contributed by atoms with Gasteiger partial charge in [-0.25, -0.2) is 0 Å². The quantitative estimate of drug-likeness (QED) is 0.693. The van der Waals surface area contributed by atoms with E-state index >= 15 is 0 Å². The molecule has 2 unspecified atom stereocenters. The second kappa shape index (κ2) is 3.42. The van der Waals surface area contributed by atoms with Crippen LogP contribution in [0, 0.1) is 0 Å². The first-order chi connectivity index (χ1) is 6.54. The van der Waals surface area contributed by atoms with Crippen molar-refractivity contribution < 1.29 is 5.11 Å². The topological polar surface area (TPSA) is 44.6 Å². The molecule has 4 heteroatoms. The molecule has 2 aliphatic rings. The predicted octanol–water partition coefficient (Wildman–Crippen LogP) is 1.37. The first-order valence-electron chi connectivity index (χ1n) is 5.23. The van der Waals surface area contributed by atoms with Gasteiger partial charge in [-0.3, -0.25) is 4.99 Å². The van der Waals surface area contributed by atoms with Crippen LogP contribution in [0.25, 0.3) is 0 Å². The highest BCUT2D eigenvalue weighted by Crippen LogP contribution is 2.48. The van der Waals surface area contributed by atoms with Crippen molar-refractivity contribution in [3.63, 3.8) is 0 Å². The molecular formula is C10H18N2OS. The lowest BCUT2D eigenvalue weighted by Crippen LogP contribution is -2.44. The molecule has 0 spiro atoms. The van der Waals surface area contributed by atoms with Crippen molar-refractivity contribution in [1.82, 2.24) is 5.32 Å². The van der Waals surface area contributed by atoms with Gasteiger partial charge in [-0.1, -0.05) is 11.8 Å². The molecule has 14 heavy (non-hydrogen) atoms. The van der Waals surface area contributed by atoms with Crippen molar-refractivity contribution >= 4 is 16.9 Å². The summed E-state index contributed by atoms with van der Waals surface area (Å²) in [4.78, 5) is 4.37. The van der Waals surface area contributed by atoms with Gasteiger partial charge in [-0.15, -0.1) is 0 Å². The van der Waals surface area contributed by atoms with Gasteiger partial charge in [0.15, 0.2) is 5.17 Å². The van der Waals surface area contributed by atoms with Crippen molar-refractivity contribution in [2.45, 2.75) is 43.5 Å². The maximum Gasteiger partial charge on any atom is 0.157 e. The van der Waals surface area contributed by atoms with Crippen molar-refractivity contribution in [3.05, 3.63) is 0 Å². The van der Waals surface area contributed by atoms with E-state index in [9.17, 15) is 5.11 Å². The van der Waals surface area contributed by atoms with E-state index in [-0.39, 0.29) is 4.75 Å². The first-order valence-corrected chi connectivity index (χ1v) is 6.05. The zero-order valence-corrected chi connectivity index (χ0v) is 9.65. The van der Waals surface area contributed by atoms with Crippen LogP contribution in [0.4, 0.5) is 0 Å². The normalized spacial score (nSPS) is 42.4. The summed E-state index contributed by atoms with van der Waals surface area (Å²) >= 11 is 1.71. The van der Waals surface area contributed by atoms with Gasteiger partial charge in [0, 0.05) is 11.3 Å². The molecule has 0 bridgehead atoms. The van der Waals surface area contributed by atoms with Gasteiger partial charge in [0.25, 0.3) is 0 Å². The van der Waals surface area contributed by atoms with E-state index < -0.39 is 5.60 Å². The Labute approximate surface area is 89.4 Å². The molecule has 0 aromatic carbocycles. The average Bonchev–Trinajstić information content (AvgIpc) is 2.63. The number of aliphatic hydroxyl groups is 1. The van der Waals surface area contributed by atoms with E-state index in [1.54, 1.807) is 11.8 Å². The molecule has 1 saturated carbocycles. The van der Waals surface area contributed by atoms with Gasteiger partial charge in [0.2, 0.25) is 0 Å². The summed E-state index contributed by atoms with van der Waals surface area (Å²) in [6.07, 6.45) is 3.10. The van der Waals surface area contributed by atoms with Gasteiger partial charge in [-0.05, 0) is 33.1 Å². The van der Waals surface area contributed by atoms with Crippen molar-refractivity contribution in [2.75, 3.05) is 13.1 Å².